The first-order chi connectivity index (χ1) is 9.49. The van der Waals surface area contributed by atoms with Crippen LogP contribution in [0.2, 0.25) is 0 Å². The number of benzene rings is 1. The Balaban J connectivity index is 2.66. The number of nitrogens with one attached hydrogen (secondary N) is 2. The van der Waals surface area contributed by atoms with Crippen molar-refractivity contribution in [2.45, 2.75) is 13.0 Å². The molecule has 2 amide bonds. The summed E-state index contributed by atoms with van der Waals surface area (Å²) in [5, 5.41) is 22.6. The number of carbonyl (C=O) groups is 2. The molecule has 1 rings (SSSR count). The molecule has 0 aromatic heterocycles. The Morgan fingerprint density at radius 3 is 2.75 bits per heavy atom. The third kappa shape index (κ3) is 3.96. The smallest absolute Gasteiger partial charge is 0.334 e. The lowest BCUT2D eigenvalue weighted by Crippen LogP contribution is -2.39. The van der Waals surface area contributed by atoms with Crippen LogP contribution in [0.4, 0.5) is 10.5 Å². The van der Waals surface area contributed by atoms with E-state index in [0.29, 0.717) is 11.3 Å². The minimum atomic E-state index is -1.17. The van der Waals surface area contributed by atoms with Crippen LogP contribution >= 0.6 is 0 Å². The number of nitrogens with zero attached hydrogens (tertiary/aromatic N) is 1. The molecule has 0 fully saturated rings. The van der Waals surface area contributed by atoms with Crippen LogP contribution in [-0.2, 0) is 9.53 Å². The van der Waals surface area contributed by atoms with Gasteiger partial charge in [-0.2, -0.15) is 5.26 Å². The van der Waals surface area contributed by atoms with Gasteiger partial charge in [0.15, 0.2) is 6.10 Å². The molecule has 106 valence electrons. The van der Waals surface area contributed by atoms with Gasteiger partial charge in [0.25, 0.3) is 0 Å². The van der Waals surface area contributed by atoms with E-state index in [1.54, 1.807) is 25.1 Å². The van der Waals surface area contributed by atoms with E-state index in [4.69, 9.17) is 10.4 Å². The van der Waals surface area contributed by atoms with Gasteiger partial charge in [0, 0.05) is 7.11 Å². The van der Waals surface area contributed by atoms with Gasteiger partial charge in [-0.25, -0.2) is 9.59 Å². The summed E-state index contributed by atoms with van der Waals surface area (Å²) in [6, 6.07) is 6.46. The fraction of sp³-hybridized carbons (Fsp3) is 0.308. The van der Waals surface area contributed by atoms with Crippen molar-refractivity contribution in [3.05, 3.63) is 29.3 Å². The van der Waals surface area contributed by atoms with E-state index in [-0.39, 0.29) is 6.54 Å². The molecule has 7 nitrogen and oxygen atoms in total. The zero-order valence-corrected chi connectivity index (χ0v) is 11.1. The van der Waals surface area contributed by atoms with Crippen molar-refractivity contribution in [2.24, 2.45) is 0 Å². The monoisotopic (exact) mass is 277 g/mol. The van der Waals surface area contributed by atoms with Gasteiger partial charge in [0.2, 0.25) is 0 Å². The molecule has 0 saturated heterocycles. The highest BCUT2D eigenvalue weighted by Gasteiger charge is 2.17. The average Bonchev–Trinajstić information content (AvgIpc) is 2.39. The van der Waals surface area contributed by atoms with Crippen LogP contribution in [-0.4, -0.2) is 36.9 Å². The standard InChI is InChI=1S/C13H15N3O4/c1-8-4-3-5-10(9(8)6-14)16-13(19)15-7-11(20-2)12(17)18/h3-5,11H,7H2,1-2H3,(H,17,18)(H2,15,16,19). The molecule has 7 heteroatoms. The largest absolute Gasteiger partial charge is 0.479 e. The zero-order chi connectivity index (χ0) is 15.1. The van der Waals surface area contributed by atoms with Gasteiger partial charge in [-0.1, -0.05) is 12.1 Å². The van der Waals surface area contributed by atoms with E-state index in [1.165, 1.54) is 7.11 Å². The summed E-state index contributed by atoms with van der Waals surface area (Å²) >= 11 is 0. The van der Waals surface area contributed by atoms with E-state index in [9.17, 15) is 9.59 Å². The van der Waals surface area contributed by atoms with Crippen molar-refractivity contribution in [2.75, 3.05) is 19.0 Å². The zero-order valence-electron chi connectivity index (χ0n) is 11.1. The molecule has 0 bridgehead atoms. The number of aliphatic carboxylic acids is 1. The van der Waals surface area contributed by atoms with Crippen LogP contribution in [0.15, 0.2) is 18.2 Å². The molecule has 0 aliphatic carbocycles. The summed E-state index contributed by atoms with van der Waals surface area (Å²) in [6.45, 7) is 1.58. The van der Waals surface area contributed by atoms with Gasteiger partial charge in [0.1, 0.15) is 6.07 Å². The number of carbonyl (C=O) groups excluding carboxylic acids is 1. The number of urea groups is 1. The topological polar surface area (TPSA) is 111 Å². The Morgan fingerprint density at radius 1 is 1.50 bits per heavy atom. The second kappa shape index (κ2) is 7.11. The van der Waals surface area contributed by atoms with Crippen molar-refractivity contribution in [1.82, 2.24) is 5.32 Å². The van der Waals surface area contributed by atoms with Gasteiger partial charge in [-0.05, 0) is 18.6 Å². The molecule has 0 heterocycles. The number of anilines is 1. The number of aryl methyl sites for hydroxylation is 1. The highest BCUT2D eigenvalue weighted by Crippen LogP contribution is 2.17. The van der Waals surface area contributed by atoms with Gasteiger partial charge < -0.3 is 20.5 Å². The molecule has 1 aromatic carbocycles. The van der Waals surface area contributed by atoms with Crippen molar-refractivity contribution < 1.29 is 19.4 Å². The molecule has 0 radical (unpaired) electrons. The number of carboxylic acids is 1. The summed E-state index contributed by atoms with van der Waals surface area (Å²) in [7, 11) is 1.24. The molecule has 1 atom stereocenters. The number of rotatable bonds is 5. The minimum Gasteiger partial charge on any atom is -0.479 e. The first-order valence-corrected chi connectivity index (χ1v) is 5.79. The summed E-state index contributed by atoms with van der Waals surface area (Å²) in [5.74, 6) is -1.17. The van der Waals surface area contributed by atoms with Gasteiger partial charge in [0.05, 0.1) is 17.8 Å². The van der Waals surface area contributed by atoms with Crippen molar-refractivity contribution in [3.63, 3.8) is 0 Å². The van der Waals surface area contributed by atoms with Crippen molar-refractivity contribution in [1.29, 1.82) is 5.26 Å². The highest BCUT2D eigenvalue weighted by molar-refractivity contribution is 5.91. The fourth-order valence-corrected chi connectivity index (χ4v) is 1.54. The summed E-state index contributed by atoms with van der Waals surface area (Å²) < 4.78 is 4.68. The number of carboxylic acid groups (broad SMARTS) is 1. The highest BCUT2D eigenvalue weighted by atomic mass is 16.5. The van der Waals surface area contributed by atoms with Gasteiger partial charge in [-0.3, -0.25) is 0 Å². The molecule has 3 N–H and O–H groups in total. The molecule has 1 aromatic rings. The molecular formula is C13H15N3O4. The summed E-state index contributed by atoms with van der Waals surface area (Å²) in [4.78, 5) is 22.4. The first kappa shape index (κ1) is 15.5. The third-order valence-electron chi connectivity index (χ3n) is 2.64. The van der Waals surface area contributed by atoms with E-state index >= 15 is 0 Å². The SMILES string of the molecule is COC(CNC(=O)Nc1cccc(C)c1C#N)C(=O)O. The molecule has 1 unspecified atom stereocenters. The molecule has 0 aliphatic rings. The van der Waals surface area contributed by atoms with Crippen LogP contribution in [0.1, 0.15) is 11.1 Å². The number of methoxy groups -OCH3 is 1. The van der Waals surface area contributed by atoms with Crippen LogP contribution in [0.3, 0.4) is 0 Å². The molecule has 0 spiro atoms. The molecule has 0 saturated carbocycles. The number of amides is 2. The molecule has 0 aliphatic heterocycles. The van der Waals surface area contributed by atoms with E-state index < -0.39 is 18.1 Å². The Kier molecular flexibility index (Phi) is 5.50. The summed E-state index contributed by atoms with van der Waals surface area (Å²) in [5.41, 5.74) is 1.48. The second-order valence-corrected chi connectivity index (χ2v) is 4.01. The maximum Gasteiger partial charge on any atom is 0.334 e. The predicted octanol–water partition coefficient (Wildman–Crippen LogP) is 1.09. The minimum absolute atomic E-state index is 0.175. The average molecular weight is 277 g/mol. The maximum atomic E-state index is 11.7. The van der Waals surface area contributed by atoms with Crippen LogP contribution in [0.5, 0.6) is 0 Å². The third-order valence-corrected chi connectivity index (χ3v) is 2.64. The van der Waals surface area contributed by atoms with Crippen LogP contribution in [0.25, 0.3) is 0 Å². The maximum absolute atomic E-state index is 11.7. The Hall–Kier alpha value is -2.59. The Labute approximate surface area is 116 Å². The lowest BCUT2D eigenvalue weighted by atomic mass is 10.1. The van der Waals surface area contributed by atoms with E-state index in [0.717, 1.165) is 5.56 Å². The van der Waals surface area contributed by atoms with Crippen LogP contribution in [0, 0.1) is 18.3 Å². The fourth-order valence-electron chi connectivity index (χ4n) is 1.54. The quantitative estimate of drug-likeness (QED) is 0.745. The van der Waals surface area contributed by atoms with E-state index in [1.807, 2.05) is 6.07 Å². The summed E-state index contributed by atoms with van der Waals surface area (Å²) in [6.07, 6.45) is -1.12. The normalized spacial score (nSPS) is 11.2. The number of hydrogen-bond acceptors (Lipinski definition) is 4. The van der Waals surface area contributed by atoms with Crippen molar-refractivity contribution >= 4 is 17.7 Å². The van der Waals surface area contributed by atoms with Crippen molar-refractivity contribution in [3.8, 4) is 6.07 Å². The molecular weight excluding hydrogens is 262 g/mol. The van der Waals surface area contributed by atoms with Gasteiger partial charge in [-0.15, -0.1) is 0 Å². The number of nitriles is 1. The molecule has 20 heavy (non-hydrogen) atoms. The predicted molar refractivity (Wildman–Crippen MR) is 71.3 cm³/mol. The lowest BCUT2D eigenvalue weighted by Gasteiger charge is -2.13. The Bertz CT molecular complexity index is 551. The van der Waals surface area contributed by atoms with Crippen LogP contribution < -0.4 is 10.6 Å². The van der Waals surface area contributed by atoms with Gasteiger partial charge >= 0.3 is 12.0 Å². The lowest BCUT2D eigenvalue weighted by molar-refractivity contribution is -0.147. The van der Waals surface area contributed by atoms with E-state index in [2.05, 4.69) is 15.4 Å². The second-order valence-electron chi connectivity index (χ2n) is 4.01. The first-order valence-electron chi connectivity index (χ1n) is 5.79. The Morgan fingerprint density at radius 2 is 2.20 bits per heavy atom. The number of ether oxygens (including phenoxy) is 1. The number of hydrogen-bond donors (Lipinski definition) is 3.